The summed E-state index contributed by atoms with van der Waals surface area (Å²) >= 11 is 7.26. The fraction of sp³-hybridized carbons (Fsp3) is 0.0714. The molecule has 2 rings (SSSR count). The summed E-state index contributed by atoms with van der Waals surface area (Å²) < 4.78 is 0. The number of nitrogens with zero attached hydrogens (tertiary/aromatic N) is 1. The highest BCUT2D eigenvalue weighted by molar-refractivity contribution is 8.00. The van der Waals surface area contributed by atoms with Crippen molar-refractivity contribution in [2.24, 2.45) is 0 Å². The van der Waals surface area contributed by atoms with Crippen LogP contribution < -0.4 is 5.32 Å². The summed E-state index contributed by atoms with van der Waals surface area (Å²) in [5, 5.41) is 12.1. The molecule has 0 aliphatic rings. The van der Waals surface area contributed by atoms with E-state index in [1.54, 1.807) is 12.1 Å². The lowest BCUT2D eigenvalue weighted by atomic mass is 10.2. The quantitative estimate of drug-likeness (QED) is 0.827. The van der Waals surface area contributed by atoms with Gasteiger partial charge >= 0.3 is 5.97 Å². The molecular weight excluding hydrogens is 312 g/mol. The number of carbonyl (C=O) groups is 2. The third-order valence-corrected chi connectivity index (χ3v) is 4.01. The Morgan fingerprint density at radius 2 is 2.00 bits per heavy atom. The fourth-order valence-electron chi connectivity index (χ4n) is 1.55. The number of halogens is 1. The zero-order valence-electron chi connectivity index (χ0n) is 10.7. The zero-order chi connectivity index (χ0) is 15.2. The molecule has 1 heterocycles. The van der Waals surface area contributed by atoms with E-state index in [0.717, 1.165) is 4.90 Å². The van der Waals surface area contributed by atoms with Crippen LogP contribution >= 0.6 is 23.4 Å². The van der Waals surface area contributed by atoms with E-state index in [4.69, 9.17) is 16.7 Å². The molecule has 1 aromatic heterocycles. The van der Waals surface area contributed by atoms with Gasteiger partial charge in [-0.2, -0.15) is 0 Å². The van der Waals surface area contributed by atoms with Crippen LogP contribution in [0.5, 0.6) is 0 Å². The molecule has 2 aromatic rings. The average Bonchev–Trinajstić information content (AvgIpc) is 2.47. The van der Waals surface area contributed by atoms with Gasteiger partial charge in [0.1, 0.15) is 11.4 Å². The number of pyridine rings is 1. The predicted molar refractivity (Wildman–Crippen MR) is 82.0 cm³/mol. The lowest BCUT2D eigenvalue weighted by Gasteiger charge is -2.07. The second kappa shape index (κ2) is 7.10. The maximum absolute atomic E-state index is 11.9. The number of thioether (sulfide) groups is 1. The maximum atomic E-state index is 11.9. The number of amides is 1. The lowest BCUT2D eigenvalue weighted by molar-refractivity contribution is -0.113. The standard InChI is InChI=1S/C14H11ClN2O3S/c15-10-5-1-2-6-11(10)21-8-12(18)17-13-9(14(19)20)4-3-7-16-13/h1-7H,8H2,(H,19,20)(H,16,17,18). The first-order valence-corrected chi connectivity index (χ1v) is 7.30. The lowest BCUT2D eigenvalue weighted by Crippen LogP contribution is -2.17. The normalized spacial score (nSPS) is 10.1. The highest BCUT2D eigenvalue weighted by Crippen LogP contribution is 2.26. The van der Waals surface area contributed by atoms with Crippen molar-refractivity contribution in [3.05, 3.63) is 53.2 Å². The second-order valence-electron chi connectivity index (χ2n) is 3.97. The molecule has 0 saturated heterocycles. The second-order valence-corrected chi connectivity index (χ2v) is 5.40. The molecule has 0 bridgehead atoms. The van der Waals surface area contributed by atoms with Crippen LogP contribution in [0.4, 0.5) is 5.82 Å². The Hall–Kier alpha value is -2.05. The van der Waals surface area contributed by atoms with Crippen LogP contribution in [0.2, 0.25) is 5.02 Å². The van der Waals surface area contributed by atoms with Crippen molar-refractivity contribution in [3.63, 3.8) is 0 Å². The van der Waals surface area contributed by atoms with Gasteiger partial charge in [-0.15, -0.1) is 11.8 Å². The van der Waals surface area contributed by atoms with E-state index in [2.05, 4.69) is 10.3 Å². The number of anilines is 1. The topological polar surface area (TPSA) is 79.3 Å². The maximum Gasteiger partial charge on any atom is 0.339 e. The molecule has 0 aliphatic carbocycles. The van der Waals surface area contributed by atoms with E-state index in [-0.39, 0.29) is 23.0 Å². The Morgan fingerprint density at radius 3 is 2.71 bits per heavy atom. The van der Waals surface area contributed by atoms with Crippen molar-refractivity contribution in [2.75, 3.05) is 11.1 Å². The SMILES string of the molecule is O=C(CSc1ccccc1Cl)Nc1ncccc1C(=O)O. The van der Waals surface area contributed by atoms with Gasteiger partial charge < -0.3 is 10.4 Å². The fourth-order valence-corrected chi connectivity index (χ4v) is 2.59. The Kier molecular flexibility index (Phi) is 5.19. The molecule has 0 fully saturated rings. The predicted octanol–water partition coefficient (Wildman–Crippen LogP) is 3.16. The van der Waals surface area contributed by atoms with Crippen LogP contribution in [0.25, 0.3) is 0 Å². The van der Waals surface area contributed by atoms with Crippen molar-refractivity contribution in [1.82, 2.24) is 4.98 Å². The molecule has 0 unspecified atom stereocenters. The third-order valence-electron chi connectivity index (χ3n) is 2.49. The summed E-state index contributed by atoms with van der Waals surface area (Å²) in [6.45, 7) is 0. The number of rotatable bonds is 5. The molecular formula is C14H11ClN2O3S. The first-order chi connectivity index (χ1) is 10.1. The van der Waals surface area contributed by atoms with E-state index in [9.17, 15) is 9.59 Å². The number of hydrogen-bond acceptors (Lipinski definition) is 4. The molecule has 21 heavy (non-hydrogen) atoms. The molecule has 108 valence electrons. The number of hydrogen-bond donors (Lipinski definition) is 2. The molecule has 7 heteroatoms. The Labute approximate surface area is 130 Å². The van der Waals surface area contributed by atoms with Gasteiger partial charge in [-0.1, -0.05) is 23.7 Å². The van der Waals surface area contributed by atoms with E-state index in [1.807, 2.05) is 12.1 Å². The van der Waals surface area contributed by atoms with Gasteiger partial charge in [-0.05, 0) is 24.3 Å². The van der Waals surface area contributed by atoms with Gasteiger partial charge in [0.05, 0.1) is 10.8 Å². The summed E-state index contributed by atoms with van der Waals surface area (Å²) in [7, 11) is 0. The molecule has 0 saturated carbocycles. The molecule has 0 spiro atoms. The van der Waals surface area contributed by atoms with Crippen molar-refractivity contribution >= 4 is 41.1 Å². The molecule has 1 amide bonds. The molecule has 1 aromatic carbocycles. The molecule has 0 atom stereocenters. The minimum Gasteiger partial charge on any atom is -0.478 e. The van der Waals surface area contributed by atoms with Crippen LogP contribution in [0.15, 0.2) is 47.5 Å². The zero-order valence-corrected chi connectivity index (χ0v) is 12.3. The molecule has 0 radical (unpaired) electrons. The number of carbonyl (C=O) groups excluding carboxylic acids is 1. The van der Waals surface area contributed by atoms with Crippen LogP contribution in [0, 0.1) is 0 Å². The minimum atomic E-state index is -1.14. The highest BCUT2D eigenvalue weighted by Gasteiger charge is 2.13. The largest absolute Gasteiger partial charge is 0.478 e. The molecule has 5 nitrogen and oxygen atoms in total. The average molecular weight is 323 g/mol. The summed E-state index contributed by atoms with van der Waals surface area (Å²) in [5.41, 5.74) is -0.0476. The van der Waals surface area contributed by atoms with Gasteiger partial charge in [-0.25, -0.2) is 9.78 Å². The van der Waals surface area contributed by atoms with Crippen molar-refractivity contribution < 1.29 is 14.7 Å². The van der Waals surface area contributed by atoms with E-state index in [1.165, 1.54) is 30.1 Å². The minimum absolute atomic E-state index is 0.0368. The summed E-state index contributed by atoms with van der Waals surface area (Å²) in [5.74, 6) is -1.34. The Morgan fingerprint density at radius 1 is 1.24 bits per heavy atom. The van der Waals surface area contributed by atoms with Crippen LogP contribution in [0.3, 0.4) is 0 Å². The number of nitrogens with one attached hydrogen (secondary N) is 1. The van der Waals surface area contributed by atoms with Gasteiger partial charge in [0.25, 0.3) is 0 Å². The van der Waals surface area contributed by atoms with Crippen LogP contribution in [-0.2, 0) is 4.79 Å². The Bertz CT molecular complexity index is 679. The van der Waals surface area contributed by atoms with E-state index >= 15 is 0 Å². The third kappa shape index (κ3) is 4.21. The number of aromatic nitrogens is 1. The van der Waals surface area contributed by atoms with E-state index < -0.39 is 5.97 Å². The molecule has 0 aliphatic heterocycles. The van der Waals surface area contributed by atoms with Crippen LogP contribution in [-0.4, -0.2) is 27.7 Å². The van der Waals surface area contributed by atoms with Gasteiger partial charge in [0.15, 0.2) is 0 Å². The molecule has 2 N–H and O–H groups in total. The smallest absolute Gasteiger partial charge is 0.339 e. The number of benzene rings is 1. The number of carboxylic acids is 1. The first kappa shape index (κ1) is 15.3. The van der Waals surface area contributed by atoms with Gasteiger partial charge in [0, 0.05) is 11.1 Å². The van der Waals surface area contributed by atoms with Gasteiger partial charge in [-0.3, -0.25) is 4.79 Å². The first-order valence-electron chi connectivity index (χ1n) is 5.93. The van der Waals surface area contributed by atoms with Gasteiger partial charge in [0.2, 0.25) is 5.91 Å². The summed E-state index contributed by atoms with van der Waals surface area (Å²) in [6, 6.07) is 10.1. The van der Waals surface area contributed by atoms with E-state index in [0.29, 0.717) is 5.02 Å². The summed E-state index contributed by atoms with van der Waals surface area (Å²) in [4.78, 5) is 27.5. The van der Waals surface area contributed by atoms with Crippen molar-refractivity contribution in [2.45, 2.75) is 4.90 Å². The number of aromatic carboxylic acids is 1. The monoisotopic (exact) mass is 322 g/mol. The highest BCUT2D eigenvalue weighted by atomic mass is 35.5. The van der Waals surface area contributed by atoms with Crippen molar-refractivity contribution in [1.29, 1.82) is 0 Å². The van der Waals surface area contributed by atoms with Crippen LogP contribution in [0.1, 0.15) is 10.4 Å². The van der Waals surface area contributed by atoms with Crippen molar-refractivity contribution in [3.8, 4) is 0 Å². The Balaban J connectivity index is 2.00. The number of carboxylic acid groups (broad SMARTS) is 1. The summed E-state index contributed by atoms with van der Waals surface area (Å²) in [6.07, 6.45) is 1.42.